The van der Waals surface area contributed by atoms with Crippen LogP contribution in [0.5, 0.6) is 0 Å². The van der Waals surface area contributed by atoms with Gasteiger partial charge in [-0.25, -0.2) is 0 Å². The second kappa shape index (κ2) is 5.26. The van der Waals surface area contributed by atoms with Gasteiger partial charge in [-0.1, -0.05) is 30.3 Å². The molecule has 2 rings (SSSR count). The third-order valence-corrected chi connectivity index (χ3v) is 2.77. The molecule has 2 atom stereocenters. The molecule has 1 saturated heterocycles. The Balaban J connectivity index is 2.16. The Bertz CT molecular complexity index is 289. The fourth-order valence-electron chi connectivity index (χ4n) is 1.96. The number of nitrogens with one attached hydrogen (secondary N) is 1. The number of rotatable bonds is 2. The molecule has 1 fully saturated rings. The number of aliphatic hydroxyl groups is 1. The first-order valence-electron chi connectivity index (χ1n) is 5.40. The molecule has 0 amide bonds. The summed E-state index contributed by atoms with van der Waals surface area (Å²) in [6.07, 6.45) is 0.0196. The summed E-state index contributed by atoms with van der Waals surface area (Å²) in [5, 5.41) is 12.6. The van der Waals surface area contributed by atoms with E-state index in [4.69, 9.17) is 4.74 Å². The van der Waals surface area contributed by atoms with Crippen molar-refractivity contribution in [2.75, 3.05) is 26.3 Å². The summed E-state index contributed by atoms with van der Waals surface area (Å²) in [6, 6.07) is 10.1. The molecule has 0 aromatic heterocycles. The van der Waals surface area contributed by atoms with Gasteiger partial charge in [-0.3, -0.25) is 0 Å². The molecule has 3 heteroatoms. The van der Waals surface area contributed by atoms with Gasteiger partial charge in [-0.2, -0.15) is 0 Å². The lowest BCUT2D eigenvalue weighted by molar-refractivity contribution is 0.0115. The van der Waals surface area contributed by atoms with Crippen molar-refractivity contribution in [3.05, 3.63) is 35.9 Å². The van der Waals surface area contributed by atoms with Crippen LogP contribution < -0.4 is 5.32 Å². The van der Waals surface area contributed by atoms with Crippen LogP contribution >= 0.6 is 0 Å². The largest absolute Gasteiger partial charge is 0.396 e. The van der Waals surface area contributed by atoms with Gasteiger partial charge in [0.2, 0.25) is 0 Å². The molecule has 2 N–H and O–H groups in total. The van der Waals surface area contributed by atoms with Crippen molar-refractivity contribution in [2.45, 2.75) is 6.10 Å². The Morgan fingerprint density at radius 1 is 1.33 bits per heavy atom. The molecule has 1 aliphatic rings. The van der Waals surface area contributed by atoms with Crippen molar-refractivity contribution >= 4 is 0 Å². The first-order valence-corrected chi connectivity index (χ1v) is 5.40. The lowest BCUT2D eigenvalue weighted by Gasteiger charge is -2.23. The molecule has 0 bridgehead atoms. The zero-order chi connectivity index (χ0) is 10.5. The van der Waals surface area contributed by atoms with Crippen LogP contribution in [0.2, 0.25) is 0 Å². The number of benzene rings is 1. The Hall–Kier alpha value is -0.900. The van der Waals surface area contributed by atoms with E-state index in [0.717, 1.165) is 18.7 Å². The summed E-state index contributed by atoms with van der Waals surface area (Å²) in [7, 11) is 0. The average molecular weight is 207 g/mol. The van der Waals surface area contributed by atoms with E-state index >= 15 is 0 Å². The van der Waals surface area contributed by atoms with E-state index in [0.29, 0.717) is 6.61 Å². The highest BCUT2D eigenvalue weighted by atomic mass is 16.5. The molecular weight excluding hydrogens is 190 g/mol. The number of ether oxygens (including phenoxy) is 1. The fourth-order valence-corrected chi connectivity index (χ4v) is 1.96. The zero-order valence-electron chi connectivity index (χ0n) is 8.73. The van der Waals surface area contributed by atoms with Crippen LogP contribution in [0.25, 0.3) is 0 Å². The Kier molecular flexibility index (Phi) is 3.72. The smallest absolute Gasteiger partial charge is 0.0887 e. The summed E-state index contributed by atoms with van der Waals surface area (Å²) >= 11 is 0. The van der Waals surface area contributed by atoms with Crippen molar-refractivity contribution < 1.29 is 9.84 Å². The highest BCUT2D eigenvalue weighted by Crippen LogP contribution is 2.26. The van der Waals surface area contributed by atoms with E-state index in [2.05, 4.69) is 17.4 Å². The minimum atomic E-state index is 0.0196. The molecule has 82 valence electrons. The molecule has 0 saturated carbocycles. The van der Waals surface area contributed by atoms with Gasteiger partial charge in [0.05, 0.1) is 12.7 Å². The van der Waals surface area contributed by atoms with E-state index in [1.54, 1.807) is 0 Å². The third kappa shape index (κ3) is 2.56. The van der Waals surface area contributed by atoms with Gasteiger partial charge in [0.25, 0.3) is 0 Å². The summed E-state index contributed by atoms with van der Waals surface area (Å²) in [4.78, 5) is 0. The first kappa shape index (κ1) is 10.6. The monoisotopic (exact) mass is 207 g/mol. The summed E-state index contributed by atoms with van der Waals surface area (Å²) in [6.45, 7) is 2.54. The summed E-state index contributed by atoms with van der Waals surface area (Å²) in [5.74, 6) is 0.148. The first-order chi connectivity index (χ1) is 7.42. The van der Waals surface area contributed by atoms with Crippen molar-refractivity contribution in [1.29, 1.82) is 0 Å². The number of hydrogen-bond donors (Lipinski definition) is 2. The van der Waals surface area contributed by atoms with Crippen molar-refractivity contribution in [3.63, 3.8) is 0 Å². The van der Waals surface area contributed by atoms with Gasteiger partial charge in [0.1, 0.15) is 0 Å². The minimum Gasteiger partial charge on any atom is -0.396 e. The highest BCUT2D eigenvalue weighted by molar-refractivity contribution is 5.18. The summed E-state index contributed by atoms with van der Waals surface area (Å²) in [5.41, 5.74) is 1.15. The van der Waals surface area contributed by atoms with Gasteiger partial charge in [-0.05, 0) is 5.56 Å². The summed E-state index contributed by atoms with van der Waals surface area (Å²) < 4.78 is 5.77. The molecule has 3 nitrogen and oxygen atoms in total. The van der Waals surface area contributed by atoms with E-state index in [-0.39, 0.29) is 18.6 Å². The molecular formula is C12H17NO2. The SMILES string of the molecule is OC[C@H]1CNCCO[C@@H]1c1ccccc1. The maximum absolute atomic E-state index is 9.33. The maximum Gasteiger partial charge on any atom is 0.0887 e. The quantitative estimate of drug-likeness (QED) is 0.759. The van der Waals surface area contributed by atoms with Crippen molar-refractivity contribution in [3.8, 4) is 0 Å². The molecule has 0 unspecified atom stereocenters. The maximum atomic E-state index is 9.33. The molecule has 0 aliphatic carbocycles. The average Bonchev–Trinajstić information content (AvgIpc) is 2.55. The predicted octanol–water partition coefficient (Wildman–Crippen LogP) is 0.956. The van der Waals surface area contributed by atoms with Gasteiger partial charge >= 0.3 is 0 Å². The number of hydrogen-bond acceptors (Lipinski definition) is 3. The minimum absolute atomic E-state index is 0.0196. The van der Waals surface area contributed by atoms with E-state index in [1.165, 1.54) is 0 Å². The molecule has 1 heterocycles. The zero-order valence-corrected chi connectivity index (χ0v) is 8.73. The molecule has 15 heavy (non-hydrogen) atoms. The van der Waals surface area contributed by atoms with Crippen molar-refractivity contribution in [1.82, 2.24) is 5.32 Å². The third-order valence-electron chi connectivity index (χ3n) is 2.77. The fraction of sp³-hybridized carbons (Fsp3) is 0.500. The van der Waals surface area contributed by atoms with Gasteiger partial charge < -0.3 is 15.2 Å². The van der Waals surface area contributed by atoms with Crippen LogP contribution in [0.3, 0.4) is 0 Å². The number of aliphatic hydroxyl groups excluding tert-OH is 1. The van der Waals surface area contributed by atoms with E-state index in [9.17, 15) is 5.11 Å². The van der Waals surface area contributed by atoms with Crippen LogP contribution in [0.1, 0.15) is 11.7 Å². The Morgan fingerprint density at radius 2 is 2.13 bits per heavy atom. The second-order valence-electron chi connectivity index (χ2n) is 3.85. The molecule has 1 aromatic rings. The molecule has 0 spiro atoms. The van der Waals surface area contributed by atoms with Crippen LogP contribution in [-0.4, -0.2) is 31.4 Å². The molecule has 1 aromatic carbocycles. The molecule has 1 aliphatic heterocycles. The van der Waals surface area contributed by atoms with Gasteiger partial charge in [0.15, 0.2) is 0 Å². The lowest BCUT2D eigenvalue weighted by Crippen LogP contribution is -2.27. The van der Waals surface area contributed by atoms with Crippen LogP contribution in [0.15, 0.2) is 30.3 Å². The van der Waals surface area contributed by atoms with Gasteiger partial charge in [-0.15, -0.1) is 0 Å². The van der Waals surface area contributed by atoms with Gasteiger partial charge in [0, 0.05) is 25.6 Å². The van der Waals surface area contributed by atoms with E-state index < -0.39 is 0 Å². The normalized spacial score (nSPS) is 27.3. The predicted molar refractivity (Wildman–Crippen MR) is 58.6 cm³/mol. The Morgan fingerprint density at radius 3 is 2.87 bits per heavy atom. The highest BCUT2D eigenvalue weighted by Gasteiger charge is 2.24. The second-order valence-corrected chi connectivity index (χ2v) is 3.85. The van der Waals surface area contributed by atoms with Crippen LogP contribution in [-0.2, 0) is 4.74 Å². The van der Waals surface area contributed by atoms with Crippen LogP contribution in [0.4, 0.5) is 0 Å². The molecule has 0 radical (unpaired) electrons. The standard InChI is InChI=1S/C12H17NO2/c14-9-11-8-13-6-7-15-12(11)10-4-2-1-3-5-10/h1-5,11-14H,6-9H2/t11-,12-/m1/s1. The van der Waals surface area contributed by atoms with E-state index in [1.807, 2.05) is 18.2 Å². The topological polar surface area (TPSA) is 41.5 Å². The van der Waals surface area contributed by atoms with Crippen LogP contribution in [0, 0.1) is 5.92 Å². The van der Waals surface area contributed by atoms with Crippen molar-refractivity contribution in [2.24, 2.45) is 5.92 Å². The lowest BCUT2D eigenvalue weighted by atomic mass is 9.96. The Labute approximate surface area is 90.1 Å².